The Hall–Kier alpha value is -0.700. The second-order valence-corrected chi connectivity index (χ2v) is 2.64. The summed E-state index contributed by atoms with van der Waals surface area (Å²) < 4.78 is 0. The molecule has 0 bridgehead atoms. The van der Waals surface area contributed by atoms with Gasteiger partial charge in [0.2, 0.25) is 0 Å². The van der Waals surface area contributed by atoms with Crippen LogP contribution in [0.4, 0.5) is 0 Å². The van der Waals surface area contributed by atoms with Gasteiger partial charge < -0.3 is 16.1 Å². The fourth-order valence-electron chi connectivity index (χ4n) is 1.26. The first-order valence-corrected chi connectivity index (χ1v) is 3.64. The molecule has 1 saturated heterocycles. The van der Waals surface area contributed by atoms with Crippen molar-refractivity contribution < 1.29 is 0 Å². The number of hydrogen-bond acceptors (Lipinski definition) is 3. The van der Waals surface area contributed by atoms with Crippen molar-refractivity contribution in [3.8, 4) is 0 Å². The molecule has 0 aromatic rings. The quantitative estimate of drug-likeness (QED) is 0.487. The molecule has 2 atom stereocenters. The van der Waals surface area contributed by atoms with E-state index in [9.17, 15) is 0 Å². The van der Waals surface area contributed by atoms with Crippen molar-refractivity contribution in [3.05, 3.63) is 0 Å². The van der Waals surface area contributed by atoms with E-state index in [2.05, 4.69) is 5.32 Å². The Morgan fingerprint density at radius 3 is 2.00 bits per heavy atom. The second-order valence-electron chi connectivity index (χ2n) is 2.64. The molecule has 1 aliphatic rings. The summed E-state index contributed by atoms with van der Waals surface area (Å²) in [5.41, 5.74) is 0. The van der Waals surface area contributed by atoms with Crippen LogP contribution in [0, 0.1) is 10.8 Å². The Labute approximate surface area is 60.8 Å². The summed E-state index contributed by atoms with van der Waals surface area (Å²) in [5.74, 6) is 0. The standard InChI is InChI=1S/C7H13N3/c8-4-6-2-1-3-7(5-9)10-6/h4-10H,1-3H2/t6-,7+. The zero-order valence-corrected chi connectivity index (χ0v) is 5.93. The van der Waals surface area contributed by atoms with E-state index in [-0.39, 0.29) is 12.1 Å². The molecule has 1 fully saturated rings. The third-order valence-electron chi connectivity index (χ3n) is 1.86. The topological polar surface area (TPSA) is 59.7 Å². The van der Waals surface area contributed by atoms with Gasteiger partial charge in [0, 0.05) is 24.5 Å². The normalized spacial score (nSPS) is 33.2. The van der Waals surface area contributed by atoms with E-state index in [0.29, 0.717) is 0 Å². The Balaban J connectivity index is 2.38. The molecule has 3 heteroatoms. The zero-order valence-electron chi connectivity index (χ0n) is 5.93. The van der Waals surface area contributed by atoms with Gasteiger partial charge in [-0.3, -0.25) is 0 Å². The summed E-state index contributed by atoms with van der Waals surface area (Å²) in [6, 6.07) is 0.417. The molecule has 3 nitrogen and oxygen atoms in total. The molecule has 56 valence electrons. The molecule has 1 heterocycles. The SMILES string of the molecule is N=C[C@@H]1CCC[C@H](C=N)N1. The summed E-state index contributed by atoms with van der Waals surface area (Å²) in [7, 11) is 0. The first kappa shape index (κ1) is 7.41. The van der Waals surface area contributed by atoms with Gasteiger partial charge in [-0.1, -0.05) is 0 Å². The Kier molecular flexibility index (Phi) is 2.57. The second kappa shape index (κ2) is 3.46. The third kappa shape index (κ3) is 1.64. The van der Waals surface area contributed by atoms with Gasteiger partial charge in [-0.05, 0) is 19.3 Å². The van der Waals surface area contributed by atoms with Gasteiger partial charge >= 0.3 is 0 Å². The molecule has 0 aromatic heterocycles. The molecule has 1 aliphatic heterocycles. The molecule has 0 saturated carbocycles. The maximum Gasteiger partial charge on any atom is 0.0422 e. The van der Waals surface area contributed by atoms with Crippen LogP contribution < -0.4 is 5.32 Å². The molecule has 0 unspecified atom stereocenters. The van der Waals surface area contributed by atoms with E-state index in [1.807, 2.05) is 0 Å². The molecule has 0 amide bonds. The number of nitrogens with one attached hydrogen (secondary N) is 3. The van der Waals surface area contributed by atoms with E-state index < -0.39 is 0 Å². The Morgan fingerprint density at radius 2 is 1.60 bits per heavy atom. The highest BCUT2D eigenvalue weighted by Gasteiger charge is 2.16. The van der Waals surface area contributed by atoms with Crippen LogP contribution in [0.15, 0.2) is 0 Å². The first-order valence-electron chi connectivity index (χ1n) is 3.64. The number of rotatable bonds is 2. The van der Waals surface area contributed by atoms with Gasteiger partial charge in [0.25, 0.3) is 0 Å². The van der Waals surface area contributed by atoms with Crippen molar-refractivity contribution in [3.63, 3.8) is 0 Å². The minimum Gasteiger partial charge on any atom is -0.311 e. The zero-order chi connectivity index (χ0) is 7.40. The molecule has 0 radical (unpaired) electrons. The van der Waals surface area contributed by atoms with Gasteiger partial charge in [0.15, 0.2) is 0 Å². The molecular weight excluding hydrogens is 126 g/mol. The van der Waals surface area contributed by atoms with Gasteiger partial charge in [0.1, 0.15) is 0 Å². The predicted molar refractivity (Wildman–Crippen MR) is 42.1 cm³/mol. The monoisotopic (exact) mass is 139 g/mol. The summed E-state index contributed by atoms with van der Waals surface area (Å²) in [6.07, 6.45) is 6.08. The minimum absolute atomic E-state index is 0.209. The first-order chi connectivity index (χ1) is 4.86. The van der Waals surface area contributed by atoms with Crippen LogP contribution in [-0.2, 0) is 0 Å². The number of hydrogen-bond donors (Lipinski definition) is 3. The third-order valence-corrected chi connectivity index (χ3v) is 1.86. The van der Waals surface area contributed by atoms with Crippen LogP contribution in [0.25, 0.3) is 0 Å². The van der Waals surface area contributed by atoms with Crippen LogP contribution in [0.1, 0.15) is 19.3 Å². The van der Waals surface area contributed by atoms with E-state index in [1.165, 1.54) is 12.4 Å². The molecule has 10 heavy (non-hydrogen) atoms. The molecule has 0 aliphatic carbocycles. The minimum atomic E-state index is 0.209. The van der Waals surface area contributed by atoms with Gasteiger partial charge in [-0.2, -0.15) is 0 Å². The molecule has 0 aromatic carbocycles. The van der Waals surface area contributed by atoms with Crippen LogP contribution in [-0.4, -0.2) is 24.5 Å². The van der Waals surface area contributed by atoms with E-state index in [1.54, 1.807) is 0 Å². The highest BCUT2D eigenvalue weighted by molar-refractivity contribution is 5.65. The smallest absolute Gasteiger partial charge is 0.0422 e. The van der Waals surface area contributed by atoms with E-state index >= 15 is 0 Å². The van der Waals surface area contributed by atoms with Crippen molar-refractivity contribution in [2.75, 3.05) is 0 Å². The molecule has 3 N–H and O–H groups in total. The Bertz CT molecular complexity index is 119. The predicted octanol–water partition coefficient (Wildman–Crippen LogP) is 0.796. The average Bonchev–Trinajstić information content (AvgIpc) is 2.05. The van der Waals surface area contributed by atoms with E-state index in [0.717, 1.165) is 19.3 Å². The molecular formula is C7H13N3. The van der Waals surface area contributed by atoms with Crippen LogP contribution in [0.2, 0.25) is 0 Å². The van der Waals surface area contributed by atoms with Crippen LogP contribution in [0.3, 0.4) is 0 Å². The average molecular weight is 139 g/mol. The largest absolute Gasteiger partial charge is 0.311 e. The lowest BCUT2D eigenvalue weighted by Gasteiger charge is -2.25. The fourth-order valence-corrected chi connectivity index (χ4v) is 1.26. The summed E-state index contributed by atoms with van der Waals surface area (Å²) in [6.45, 7) is 0. The highest BCUT2D eigenvalue weighted by atomic mass is 15.0. The van der Waals surface area contributed by atoms with Gasteiger partial charge in [-0.25, -0.2) is 0 Å². The maximum absolute atomic E-state index is 7.00. The lowest BCUT2D eigenvalue weighted by molar-refractivity contribution is 0.436. The lowest BCUT2D eigenvalue weighted by Crippen LogP contribution is -2.43. The van der Waals surface area contributed by atoms with Crippen molar-refractivity contribution >= 4 is 12.4 Å². The Morgan fingerprint density at radius 1 is 1.10 bits per heavy atom. The summed E-state index contributed by atoms with van der Waals surface area (Å²) >= 11 is 0. The van der Waals surface area contributed by atoms with Crippen molar-refractivity contribution in [2.45, 2.75) is 31.3 Å². The number of piperidine rings is 1. The summed E-state index contributed by atoms with van der Waals surface area (Å²) in [5, 5.41) is 17.2. The fraction of sp³-hybridized carbons (Fsp3) is 0.714. The molecule has 0 spiro atoms. The molecule has 1 rings (SSSR count). The van der Waals surface area contributed by atoms with Gasteiger partial charge in [-0.15, -0.1) is 0 Å². The van der Waals surface area contributed by atoms with Crippen molar-refractivity contribution in [1.29, 1.82) is 10.8 Å². The highest BCUT2D eigenvalue weighted by Crippen LogP contribution is 2.09. The van der Waals surface area contributed by atoms with Gasteiger partial charge in [0.05, 0.1) is 0 Å². The lowest BCUT2D eigenvalue weighted by atomic mass is 10.0. The van der Waals surface area contributed by atoms with Crippen molar-refractivity contribution in [2.24, 2.45) is 0 Å². The summed E-state index contributed by atoms with van der Waals surface area (Å²) in [4.78, 5) is 0. The van der Waals surface area contributed by atoms with Crippen LogP contribution >= 0.6 is 0 Å². The van der Waals surface area contributed by atoms with E-state index in [4.69, 9.17) is 10.8 Å². The maximum atomic E-state index is 7.00. The van der Waals surface area contributed by atoms with Crippen molar-refractivity contribution in [1.82, 2.24) is 5.32 Å². The van der Waals surface area contributed by atoms with Crippen LogP contribution in [0.5, 0.6) is 0 Å².